The molecule has 2 heterocycles. The van der Waals surface area contributed by atoms with Crippen molar-refractivity contribution < 1.29 is 9.21 Å². The highest BCUT2D eigenvalue weighted by atomic mass is 16.4. The Morgan fingerprint density at radius 1 is 1.14 bits per heavy atom. The van der Waals surface area contributed by atoms with Gasteiger partial charge in [0.25, 0.3) is 5.91 Å². The Balaban J connectivity index is 1.56. The van der Waals surface area contributed by atoms with E-state index in [1.54, 1.807) is 12.1 Å². The van der Waals surface area contributed by atoms with Crippen LogP contribution in [0.25, 0.3) is 22.1 Å². The van der Waals surface area contributed by atoms with E-state index >= 15 is 0 Å². The zero-order valence-corrected chi connectivity index (χ0v) is 16.1. The summed E-state index contributed by atoms with van der Waals surface area (Å²) in [5.74, 6) is 0.481. The molecule has 0 aliphatic heterocycles. The number of rotatable bonds is 6. The minimum Gasteiger partial charge on any atom is -0.423 e. The van der Waals surface area contributed by atoms with E-state index < -0.39 is 0 Å². The number of nitrogens with one attached hydrogen (secondary N) is 2. The Morgan fingerprint density at radius 2 is 1.96 bits per heavy atom. The third-order valence-corrected chi connectivity index (χ3v) is 4.50. The van der Waals surface area contributed by atoms with Gasteiger partial charge < -0.3 is 19.2 Å². The van der Waals surface area contributed by atoms with Crippen LogP contribution in [0, 0.1) is 0 Å². The van der Waals surface area contributed by atoms with E-state index in [0.29, 0.717) is 29.7 Å². The molecular formula is C20H22N6O2. The number of likely N-dealkylation sites (N-methyl/N-ethyl adjacent to an activating group) is 1. The van der Waals surface area contributed by atoms with E-state index in [4.69, 9.17) is 4.42 Å². The van der Waals surface area contributed by atoms with Gasteiger partial charge in [-0.25, -0.2) is 4.98 Å². The Kier molecular flexibility index (Phi) is 4.70. The number of amides is 1. The lowest BCUT2D eigenvalue weighted by molar-refractivity contribution is 0.0951. The average Bonchev–Trinajstić information content (AvgIpc) is 3.22. The topological polar surface area (TPSA) is 88.2 Å². The SMILES string of the molecule is CN(C)CCNC(=O)c1ccc2c(c1)nc(Nc1nc3ccccc3o1)n2C. The summed E-state index contributed by atoms with van der Waals surface area (Å²) < 4.78 is 7.61. The summed E-state index contributed by atoms with van der Waals surface area (Å²) in [6.07, 6.45) is 0. The van der Waals surface area contributed by atoms with Gasteiger partial charge in [-0.1, -0.05) is 12.1 Å². The first-order valence-electron chi connectivity index (χ1n) is 9.03. The molecule has 0 atom stereocenters. The standard InChI is InChI=1S/C20H22N6O2/c1-25(2)11-10-21-18(27)13-8-9-16-15(12-13)22-19(26(16)3)24-20-23-14-6-4-5-7-17(14)28-20/h4-9,12H,10-11H2,1-3H3,(H,21,27)(H,22,23,24). The number of imidazole rings is 1. The molecule has 0 saturated carbocycles. The van der Waals surface area contributed by atoms with Gasteiger partial charge >= 0.3 is 6.01 Å². The van der Waals surface area contributed by atoms with Crippen molar-refractivity contribution in [1.29, 1.82) is 0 Å². The first-order chi connectivity index (χ1) is 13.5. The third-order valence-electron chi connectivity index (χ3n) is 4.50. The van der Waals surface area contributed by atoms with Gasteiger partial charge in [-0.3, -0.25) is 10.1 Å². The summed E-state index contributed by atoms with van der Waals surface area (Å²) in [6, 6.07) is 13.4. The van der Waals surface area contributed by atoms with Gasteiger partial charge in [0.15, 0.2) is 5.58 Å². The molecule has 8 nitrogen and oxygen atoms in total. The minimum absolute atomic E-state index is 0.108. The van der Waals surface area contributed by atoms with Gasteiger partial charge in [0.1, 0.15) is 5.52 Å². The Bertz CT molecular complexity index is 1110. The summed E-state index contributed by atoms with van der Waals surface area (Å²) in [6.45, 7) is 1.38. The molecule has 144 valence electrons. The van der Waals surface area contributed by atoms with E-state index in [1.807, 2.05) is 60.9 Å². The van der Waals surface area contributed by atoms with Crippen molar-refractivity contribution in [3.63, 3.8) is 0 Å². The maximum Gasteiger partial charge on any atom is 0.302 e. The molecule has 0 aliphatic rings. The zero-order valence-electron chi connectivity index (χ0n) is 16.1. The quantitative estimate of drug-likeness (QED) is 0.536. The fourth-order valence-corrected chi connectivity index (χ4v) is 2.97. The van der Waals surface area contributed by atoms with Crippen molar-refractivity contribution in [2.75, 3.05) is 32.5 Å². The van der Waals surface area contributed by atoms with Crippen molar-refractivity contribution in [2.24, 2.45) is 7.05 Å². The third kappa shape index (κ3) is 3.54. The van der Waals surface area contributed by atoms with E-state index in [9.17, 15) is 4.79 Å². The first-order valence-corrected chi connectivity index (χ1v) is 9.03. The number of para-hydroxylation sites is 2. The van der Waals surface area contributed by atoms with E-state index in [0.717, 1.165) is 23.1 Å². The van der Waals surface area contributed by atoms with Gasteiger partial charge in [0, 0.05) is 25.7 Å². The van der Waals surface area contributed by atoms with Gasteiger partial charge in [0.2, 0.25) is 5.95 Å². The molecule has 2 N–H and O–H groups in total. The van der Waals surface area contributed by atoms with Crippen LogP contribution in [0.1, 0.15) is 10.4 Å². The monoisotopic (exact) mass is 378 g/mol. The van der Waals surface area contributed by atoms with Crippen LogP contribution in [0.5, 0.6) is 0 Å². The summed E-state index contributed by atoms with van der Waals surface area (Å²) in [5, 5.41) is 6.03. The van der Waals surface area contributed by atoms with Crippen molar-refractivity contribution in [3.8, 4) is 0 Å². The van der Waals surface area contributed by atoms with Crippen LogP contribution in [-0.2, 0) is 7.05 Å². The van der Waals surface area contributed by atoms with Crippen LogP contribution in [0.3, 0.4) is 0 Å². The van der Waals surface area contributed by atoms with Crippen LogP contribution < -0.4 is 10.6 Å². The largest absolute Gasteiger partial charge is 0.423 e. The molecule has 2 aromatic carbocycles. The first kappa shape index (κ1) is 18.0. The van der Waals surface area contributed by atoms with Gasteiger partial charge in [-0.05, 0) is 44.4 Å². The number of carbonyl (C=O) groups is 1. The fraction of sp³-hybridized carbons (Fsp3) is 0.250. The molecule has 28 heavy (non-hydrogen) atoms. The maximum absolute atomic E-state index is 12.3. The smallest absolute Gasteiger partial charge is 0.302 e. The fourth-order valence-electron chi connectivity index (χ4n) is 2.97. The lowest BCUT2D eigenvalue weighted by Crippen LogP contribution is -2.31. The number of aryl methyl sites for hydroxylation is 1. The minimum atomic E-state index is -0.108. The highest BCUT2D eigenvalue weighted by Crippen LogP contribution is 2.24. The molecule has 0 unspecified atom stereocenters. The van der Waals surface area contributed by atoms with E-state index in [-0.39, 0.29) is 5.91 Å². The second-order valence-electron chi connectivity index (χ2n) is 6.87. The zero-order chi connectivity index (χ0) is 19.7. The van der Waals surface area contributed by atoms with Crippen molar-refractivity contribution in [3.05, 3.63) is 48.0 Å². The molecule has 8 heteroatoms. The Hall–Kier alpha value is -3.39. The maximum atomic E-state index is 12.3. The molecule has 0 saturated heterocycles. The molecule has 4 aromatic rings. The summed E-state index contributed by atoms with van der Waals surface area (Å²) >= 11 is 0. The molecule has 0 spiro atoms. The number of oxazole rings is 1. The van der Waals surface area contributed by atoms with Crippen LogP contribution in [0.15, 0.2) is 46.9 Å². The van der Waals surface area contributed by atoms with Crippen LogP contribution in [0.4, 0.5) is 12.0 Å². The number of nitrogens with zero attached hydrogens (tertiary/aromatic N) is 4. The van der Waals surface area contributed by atoms with Gasteiger partial charge in [0.05, 0.1) is 11.0 Å². The Labute approximate surface area is 162 Å². The summed E-state index contributed by atoms with van der Waals surface area (Å²) in [7, 11) is 5.84. The second-order valence-corrected chi connectivity index (χ2v) is 6.87. The Morgan fingerprint density at radius 3 is 2.75 bits per heavy atom. The molecule has 2 aromatic heterocycles. The molecule has 0 aliphatic carbocycles. The van der Waals surface area contributed by atoms with Crippen molar-refractivity contribution >= 4 is 40.0 Å². The predicted octanol–water partition coefficient (Wildman–Crippen LogP) is 2.75. The van der Waals surface area contributed by atoms with Crippen LogP contribution in [0.2, 0.25) is 0 Å². The molecular weight excluding hydrogens is 356 g/mol. The highest BCUT2D eigenvalue weighted by Gasteiger charge is 2.14. The summed E-state index contributed by atoms with van der Waals surface area (Å²) in [4.78, 5) is 23.4. The number of hydrogen-bond acceptors (Lipinski definition) is 6. The van der Waals surface area contributed by atoms with E-state index in [2.05, 4.69) is 20.6 Å². The predicted molar refractivity (Wildman–Crippen MR) is 109 cm³/mol. The van der Waals surface area contributed by atoms with E-state index in [1.165, 1.54) is 0 Å². The van der Waals surface area contributed by atoms with Crippen molar-refractivity contribution in [1.82, 2.24) is 24.8 Å². The number of hydrogen-bond donors (Lipinski definition) is 2. The normalized spacial score (nSPS) is 11.4. The number of fused-ring (bicyclic) bond motifs is 2. The second kappa shape index (κ2) is 7.32. The van der Waals surface area contributed by atoms with Gasteiger partial charge in [-0.2, -0.15) is 4.98 Å². The summed E-state index contributed by atoms with van der Waals surface area (Å²) in [5.41, 5.74) is 3.70. The van der Waals surface area contributed by atoms with Crippen LogP contribution >= 0.6 is 0 Å². The number of benzene rings is 2. The van der Waals surface area contributed by atoms with Crippen LogP contribution in [-0.4, -0.2) is 52.5 Å². The molecule has 0 radical (unpaired) electrons. The van der Waals surface area contributed by atoms with Crippen molar-refractivity contribution in [2.45, 2.75) is 0 Å². The number of carbonyl (C=O) groups excluding carboxylic acids is 1. The molecule has 1 amide bonds. The lowest BCUT2D eigenvalue weighted by atomic mass is 10.2. The highest BCUT2D eigenvalue weighted by molar-refractivity contribution is 5.97. The number of anilines is 2. The molecule has 0 bridgehead atoms. The number of aromatic nitrogens is 3. The lowest BCUT2D eigenvalue weighted by Gasteiger charge is -2.10. The molecule has 4 rings (SSSR count). The average molecular weight is 378 g/mol. The van der Waals surface area contributed by atoms with Gasteiger partial charge in [-0.15, -0.1) is 0 Å². The molecule has 0 fully saturated rings.